The largest absolute Gasteiger partial charge is 0.349 e. The van der Waals surface area contributed by atoms with Gasteiger partial charge < -0.3 is 5.32 Å². The first kappa shape index (κ1) is 13.4. The second-order valence-corrected chi connectivity index (χ2v) is 6.51. The average Bonchev–Trinajstić information content (AvgIpc) is 3.11. The maximum absolute atomic E-state index is 12.4. The van der Waals surface area contributed by atoms with Crippen LogP contribution in [0.25, 0.3) is 10.6 Å². The Balaban J connectivity index is 1.70. The predicted molar refractivity (Wildman–Crippen MR) is 80.8 cm³/mol. The summed E-state index contributed by atoms with van der Waals surface area (Å²) in [4.78, 5) is 13.5. The van der Waals surface area contributed by atoms with E-state index in [4.69, 9.17) is 0 Å². The summed E-state index contributed by atoms with van der Waals surface area (Å²) < 4.78 is 0. The lowest BCUT2D eigenvalue weighted by Crippen LogP contribution is -2.37. The molecule has 0 spiro atoms. The van der Waals surface area contributed by atoms with E-state index in [1.807, 2.05) is 17.5 Å². The summed E-state index contributed by atoms with van der Waals surface area (Å²) in [6, 6.07) is 4.28. The lowest BCUT2D eigenvalue weighted by atomic mass is 9.87. The van der Waals surface area contributed by atoms with Gasteiger partial charge in [0.15, 0.2) is 0 Å². The smallest absolute Gasteiger partial charge is 0.255 e. The molecule has 20 heavy (non-hydrogen) atoms. The molecule has 0 bridgehead atoms. The van der Waals surface area contributed by atoms with Gasteiger partial charge in [0.25, 0.3) is 5.91 Å². The Morgan fingerprint density at radius 3 is 2.90 bits per heavy atom. The zero-order chi connectivity index (χ0) is 13.9. The second kappa shape index (κ2) is 5.79. The van der Waals surface area contributed by atoms with Crippen LogP contribution in [0.1, 0.15) is 43.0 Å². The molecule has 0 unspecified atom stereocenters. The van der Waals surface area contributed by atoms with E-state index in [-0.39, 0.29) is 5.91 Å². The highest BCUT2D eigenvalue weighted by atomic mass is 32.1. The average molecular weight is 289 g/mol. The van der Waals surface area contributed by atoms with Crippen molar-refractivity contribution in [1.29, 1.82) is 0 Å². The summed E-state index contributed by atoms with van der Waals surface area (Å²) in [5.41, 5.74) is 1.47. The van der Waals surface area contributed by atoms with Crippen LogP contribution in [0.4, 0.5) is 0 Å². The molecule has 106 valence electrons. The highest BCUT2D eigenvalue weighted by molar-refractivity contribution is 7.13. The van der Waals surface area contributed by atoms with Gasteiger partial charge >= 0.3 is 0 Å². The Bertz CT molecular complexity index is 568. The lowest BCUT2D eigenvalue weighted by molar-refractivity contribution is 0.0924. The Hall–Kier alpha value is -1.62. The van der Waals surface area contributed by atoms with Gasteiger partial charge in [0.2, 0.25) is 0 Å². The van der Waals surface area contributed by atoms with Crippen molar-refractivity contribution in [3.63, 3.8) is 0 Å². The van der Waals surface area contributed by atoms with Gasteiger partial charge in [-0.1, -0.05) is 13.0 Å². The van der Waals surface area contributed by atoms with Crippen LogP contribution in [0, 0.1) is 5.92 Å². The molecule has 0 radical (unpaired) electrons. The summed E-state index contributed by atoms with van der Waals surface area (Å²) >= 11 is 1.61. The van der Waals surface area contributed by atoms with E-state index in [0.717, 1.165) is 29.3 Å². The number of rotatable bonds is 3. The van der Waals surface area contributed by atoms with Gasteiger partial charge in [0.1, 0.15) is 0 Å². The van der Waals surface area contributed by atoms with Crippen LogP contribution < -0.4 is 5.32 Å². The third kappa shape index (κ3) is 2.77. The third-order valence-electron chi connectivity index (χ3n) is 4.00. The van der Waals surface area contributed by atoms with Crippen LogP contribution in [0.2, 0.25) is 0 Å². The standard InChI is InChI=1S/C15H19N3OS/c1-10-4-6-11(7-5-10)17-15(19)12-9-16-18-14(12)13-3-2-8-20-13/h2-3,8-11H,4-7H2,1H3,(H,16,18)(H,17,19). The van der Waals surface area contributed by atoms with Crippen LogP contribution in [0.3, 0.4) is 0 Å². The molecule has 0 aliphatic heterocycles. The molecule has 5 heteroatoms. The van der Waals surface area contributed by atoms with Gasteiger partial charge in [0, 0.05) is 6.04 Å². The molecule has 1 fully saturated rings. The fourth-order valence-electron chi connectivity index (χ4n) is 2.73. The van der Waals surface area contributed by atoms with Crippen molar-refractivity contribution in [1.82, 2.24) is 15.5 Å². The number of hydrogen-bond acceptors (Lipinski definition) is 3. The molecule has 2 aromatic heterocycles. The van der Waals surface area contributed by atoms with E-state index in [1.54, 1.807) is 17.5 Å². The molecule has 1 saturated carbocycles. The highest BCUT2D eigenvalue weighted by Crippen LogP contribution is 2.27. The van der Waals surface area contributed by atoms with Crippen molar-refractivity contribution < 1.29 is 4.79 Å². The number of H-pyrrole nitrogens is 1. The van der Waals surface area contributed by atoms with Crippen LogP contribution >= 0.6 is 11.3 Å². The Labute approximate surface area is 122 Å². The molecule has 3 rings (SSSR count). The Morgan fingerprint density at radius 1 is 1.40 bits per heavy atom. The molecule has 2 aromatic rings. The van der Waals surface area contributed by atoms with Gasteiger partial charge in [-0.05, 0) is 43.0 Å². The molecule has 1 aliphatic carbocycles. The predicted octanol–water partition coefficient (Wildman–Crippen LogP) is 3.45. The van der Waals surface area contributed by atoms with Gasteiger partial charge in [-0.25, -0.2) is 0 Å². The third-order valence-corrected chi connectivity index (χ3v) is 4.89. The van der Waals surface area contributed by atoms with E-state index < -0.39 is 0 Å². The first-order valence-corrected chi connectivity index (χ1v) is 8.00. The van der Waals surface area contributed by atoms with Crippen molar-refractivity contribution in [3.8, 4) is 10.6 Å². The second-order valence-electron chi connectivity index (χ2n) is 5.57. The first-order valence-electron chi connectivity index (χ1n) is 7.12. The number of carbonyl (C=O) groups is 1. The Morgan fingerprint density at radius 2 is 2.20 bits per heavy atom. The molecule has 1 amide bonds. The van der Waals surface area contributed by atoms with E-state index in [2.05, 4.69) is 22.4 Å². The van der Waals surface area contributed by atoms with Gasteiger partial charge in [0.05, 0.1) is 22.3 Å². The zero-order valence-electron chi connectivity index (χ0n) is 11.6. The number of nitrogens with zero attached hydrogens (tertiary/aromatic N) is 1. The van der Waals surface area contributed by atoms with E-state index in [9.17, 15) is 4.79 Å². The number of hydrogen-bond donors (Lipinski definition) is 2. The summed E-state index contributed by atoms with van der Waals surface area (Å²) in [6.07, 6.45) is 6.19. The van der Waals surface area contributed by atoms with Crippen molar-refractivity contribution in [2.45, 2.75) is 38.6 Å². The van der Waals surface area contributed by atoms with Crippen molar-refractivity contribution >= 4 is 17.2 Å². The SMILES string of the molecule is CC1CCC(NC(=O)c2cn[nH]c2-c2cccs2)CC1. The quantitative estimate of drug-likeness (QED) is 0.909. The lowest BCUT2D eigenvalue weighted by Gasteiger charge is -2.26. The maximum Gasteiger partial charge on any atom is 0.255 e. The normalized spacial score (nSPS) is 22.6. The first-order chi connectivity index (χ1) is 9.74. The minimum absolute atomic E-state index is 0.0123. The fraction of sp³-hybridized carbons (Fsp3) is 0.467. The van der Waals surface area contributed by atoms with Crippen molar-refractivity contribution in [3.05, 3.63) is 29.3 Å². The monoisotopic (exact) mass is 289 g/mol. The topological polar surface area (TPSA) is 57.8 Å². The van der Waals surface area contributed by atoms with Crippen LogP contribution in [-0.2, 0) is 0 Å². The molecular formula is C15H19N3OS. The van der Waals surface area contributed by atoms with E-state index in [0.29, 0.717) is 11.6 Å². The summed E-state index contributed by atoms with van der Waals surface area (Å²) in [6.45, 7) is 2.28. The minimum Gasteiger partial charge on any atom is -0.349 e. The Kier molecular flexibility index (Phi) is 3.87. The molecule has 2 heterocycles. The number of aromatic amines is 1. The van der Waals surface area contributed by atoms with Crippen molar-refractivity contribution in [2.24, 2.45) is 5.92 Å². The molecular weight excluding hydrogens is 270 g/mol. The minimum atomic E-state index is -0.0123. The van der Waals surface area contributed by atoms with Crippen LogP contribution in [0.5, 0.6) is 0 Å². The number of nitrogens with one attached hydrogen (secondary N) is 2. The maximum atomic E-state index is 12.4. The fourth-order valence-corrected chi connectivity index (χ4v) is 3.47. The summed E-state index contributed by atoms with van der Waals surface area (Å²) in [5.74, 6) is 0.778. The molecule has 1 aliphatic rings. The molecule has 0 atom stereocenters. The zero-order valence-corrected chi connectivity index (χ0v) is 12.4. The molecule has 2 N–H and O–H groups in total. The van der Waals surface area contributed by atoms with Crippen molar-refractivity contribution in [2.75, 3.05) is 0 Å². The summed E-state index contributed by atoms with van der Waals surface area (Å²) in [7, 11) is 0. The molecule has 0 saturated heterocycles. The van der Waals surface area contributed by atoms with E-state index >= 15 is 0 Å². The number of amides is 1. The van der Waals surface area contributed by atoms with Crippen LogP contribution in [0.15, 0.2) is 23.7 Å². The number of thiophene rings is 1. The molecule has 0 aromatic carbocycles. The van der Waals surface area contributed by atoms with Gasteiger partial charge in [-0.2, -0.15) is 5.10 Å². The highest BCUT2D eigenvalue weighted by Gasteiger charge is 2.22. The van der Waals surface area contributed by atoms with E-state index in [1.165, 1.54) is 12.8 Å². The number of carbonyl (C=O) groups excluding carboxylic acids is 1. The molecule has 4 nitrogen and oxygen atoms in total. The van der Waals surface area contributed by atoms with Gasteiger partial charge in [-0.3, -0.25) is 9.89 Å². The van der Waals surface area contributed by atoms with Crippen LogP contribution in [-0.4, -0.2) is 22.1 Å². The summed E-state index contributed by atoms with van der Waals surface area (Å²) in [5, 5.41) is 12.1. The van der Waals surface area contributed by atoms with Gasteiger partial charge in [-0.15, -0.1) is 11.3 Å². The number of aromatic nitrogens is 2.